The first-order valence-electron chi connectivity index (χ1n) is 7.08. The van der Waals surface area contributed by atoms with Gasteiger partial charge in [-0.25, -0.2) is 9.36 Å². The number of ether oxygens (including phenoxy) is 2. The maximum Gasteiger partial charge on any atom is 0.333 e. The van der Waals surface area contributed by atoms with Crippen LogP contribution in [0.2, 0.25) is 19.6 Å². The zero-order valence-electron chi connectivity index (χ0n) is 12.6. The number of aromatic amines is 1. The predicted octanol–water partition coefficient (Wildman–Crippen LogP) is 0.745. The minimum atomic E-state index is -1.70. The van der Waals surface area contributed by atoms with E-state index in [-0.39, 0.29) is 18.8 Å². The maximum atomic E-state index is 12.1. The summed E-state index contributed by atoms with van der Waals surface area (Å²) >= 11 is 0. The summed E-state index contributed by atoms with van der Waals surface area (Å²) in [6.07, 6.45) is -0.141. The summed E-state index contributed by atoms with van der Waals surface area (Å²) in [5.41, 5.74) is -0.521. The largest absolute Gasteiger partial charge is 0.475 e. The summed E-state index contributed by atoms with van der Waals surface area (Å²) in [6, 6.07) is 0. The van der Waals surface area contributed by atoms with Crippen molar-refractivity contribution in [1.82, 2.24) is 9.55 Å². The van der Waals surface area contributed by atoms with Crippen molar-refractivity contribution >= 4 is 8.32 Å². The average Bonchev–Trinajstić information content (AvgIpc) is 2.60. The van der Waals surface area contributed by atoms with Crippen molar-refractivity contribution in [2.75, 3.05) is 6.61 Å². The van der Waals surface area contributed by atoms with Crippen molar-refractivity contribution < 1.29 is 13.9 Å². The second-order valence-corrected chi connectivity index (χ2v) is 11.0. The van der Waals surface area contributed by atoms with Gasteiger partial charge in [0.25, 0.3) is 5.56 Å². The molecule has 116 valence electrons. The first-order chi connectivity index (χ1) is 9.76. The Hall–Kier alpha value is -1.38. The molecular formula is C13H20N2O5Si. The third-order valence-electron chi connectivity index (χ3n) is 3.68. The van der Waals surface area contributed by atoms with Crippen LogP contribution >= 0.6 is 0 Å². The van der Waals surface area contributed by atoms with Crippen molar-refractivity contribution in [2.45, 2.75) is 51.4 Å². The van der Waals surface area contributed by atoms with E-state index in [1.165, 1.54) is 4.57 Å². The number of nitrogens with one attached hydrogen (secondary N) is 1. The van der Waals surface area contributed by atoms with Crippen molar-refractivity contribution in [2.24, 2.45) is 0 Å². The molecule has 3 atom stereocenters. The highest BCUT2D eigenvalue weighted by Gasteiger charge is 2.43. The fraction of sp³-hybridized carbons (Fsp3) is 0.692. The lowest BCUT2D eigenvalue weighted by Gasteiger charge is -2.27. The SMILES string of the molecule is Cc1c2n(c(=O)[nH]c1=O)C1CC(O[Si](C)(C)C)C(CO2)O1. The highest BCUT2D eigenvalue weighted by molar-refractivity contribution is 6.69. The van der Waals surface area contributed by atoms with Gasteiger partial charge in [0, 0.05) is 6.42 Å². The van der Waals surface area contributed by atoms with E-state index in [9.17, 15) is 9.59 Å². The lowest BCUT2D eigenvalue weighted by atomic mass is 10.2. The van der Waals surface area contributed by atoms with Gasteiger partial charge in [0.2, 0.25) is 5.88 Å². The van der Waals surface area contributed by atoms with Gasteiger partial charge in [0.15, 0.2) is 8.32 Å². The molecule has 1 fully saturated rings. The molecule has 0 radical (unpaired) electrons. The maximum absolute atomic E-state index is 12.1. The molecule has 3 heterocycles. The van der Waals surface area contributed by atoms with Gasteiger partial charge in [-0.2, -0.15) is 0 Å². The van der Waals surface area contributed by atoms with E-state index in [1.54, 1.807) is 6.92 Å². The highest BCUT2D eigenvalue weighted by atomic mass is 28.4. The summed E-state index contributed by atoms with van der Waals surface area (Å²) in [7, 11) is -1.70. The van der Waals surface area contributed by atoms with E-state index in [0.29, 0.717) is 17.9 Å². The van der Waals surface area contributed by atoms with Crippen LogP contribution in [-0.4, -0.2) is 36.7 Å². The van der Waals surface area contributed by atoms with E-state index in [1.807, 2.05) is 0 Å². The van der Waals surface area contributed by atoms with E-state index in [2.05, 4.69) is 24.6 Å². The minimum absolute atomic E-state index is 0.0750. The molecule has 1 aromatic heterocycles. The zero-order chi connectivity index (χ0) is 15.4. The Morgan fingerprint density at radius 1 is 1.33 bits per heavy atom. The summed E-state index contributed by atoms with van der Waals surface area (Å²) < 4.78 is 19.1. The summed E-state index contributed by atoms with van der Waals surface area (Å²) in [4.78, 5) is 26.1. The van der Waals surface area contributed by atoms with Crippen molar-refractivity contribution in [1.29, 1.82) is 0 Å². The number of fused-ring (bicyclic) bond motifs is 4. The number of rotatable bonds is 2. The van der Waals surface area contributed by atoms with Crippen LogP contribution in [0.15, 0.2) is 9.59 Å². The van der Waals surface area contributed by atoms with E-state index in [4.69, 9.17) is 13.9 Å². The molecule has 3 unspecified atom stereocenters. The van der Waals surface area contributed by atoms with Crippen LogP contribution in [0.4, 0.5) is 0 Å². The van der Waals surface area contributed by atoms with Gasteiger partial charge in [-0.05, 0) is 26.6 Å². The van der Waals surface area contributed by atoms with Crippen LogP contribution in [0.25, 0.3) is 0 Å². The molecule has 1 saturated heterocycles. The fourth-order valence-corrected chi connectivity index (χ4v) is 3.96. The smallest absolute Gasteiger partial charge is 0.333 e. The van der Waals surface area contributed by atoms with Crippen LogP contribution in [0.5, 0.6) is 5.88 Å². The lowest BCUT2D eigenvalue weighted by molar-refractivity contribution is -0.0182. The minimum Gasteiger partial charge on any atom is -0.475 e. The number of aromatic nitrogens is 2. The standard InChI is InChI=1S/C13H20N2O5Si/c1-7-11(16)14-13(17)15-10-5-8(20-21(2,3)4)9(19-10)6-18-12(7)15/h8-10H,5-6H2,1-4H3,(H,14,16,17). The molecule has 21 heavy (non-hydrogen) atoms. The Labute approximate surface area is 123 Å². The lowest BCUT2D eigenvalue weighted by Crippen LogP contribution is -2.40. The normalized spacial score (nSPS) is 27.9. The van der Waals surface area contributed by atoms with E-state index in [0.717, 1.165) is 0 Å². The first-order valence-corrected chi connectivity index (χ1v) is 10.5. The quantitative estimate of drug-likeness (QED) is 0.815. The van der Waals surface area contributed by atoms with Crippen molar-refractivity contribution in [3.05, 3.63) is 26.4 Å². The molecule has 1 aromatic rings. The van der Waals surface area contributed by atoms with E-state index < -0.39 is 25.8 Å². The average molecular weight is 312 g/mol. The van der Waals surface area contributed by atoms with Crippen LogP contribution in [-0.2, 0) is 9.16 Å². The second kappa shape index (κ2) is 4.82. The van der Waals surface area contributed by atoms with Gasteiger partial charge in [-0.3, -0.25) is 9.78 Å². The topological polar surface area (TPSA) is 82.6 Å². The van der Waals surface area contributed by atoms with Crippen molar-refractivity contribution in [3.63, 3.8) is 0 Å². The Bertz CT molecular complexity index is 675. The third kappa shape index (κ3) is 2.58. The summed E-state index contributed by atoms with van der Waals surface area (Å²) in [5.74, 6) is 0.308. The monoisotopic (exact) mass is 312 g/mol. The molecular weight excluding hydrogens is 292 g/mol. The van der Waals surface area contributed by atoms with Gasteiger partial charge >= 0.3 is 5.69 Å². The number of hydrogen-bond acceptors (Lipinski definition) is 5. The molecule has 1 N–H and O–H groups in total. The van der Waals surface area contributed by atoms with Gasteiger partial charge in [-0.1, -0.05) is 0 Å². The summed E-state index contributed by atoms with van der Waals surface area (Å²) in [5, 5.41) is 0. The molecule has 2 aliphatic rings. The van der Waals surface area contributed by atoms with Crippen molar-refractivity contribution in [3.8, 4) is 5.88 Å². The van der Waals surface area contributed by atoms with Crippen LogP contribution in [0, 0.1) is 6.92 Å². The Kier molecular flexibility index (Phi) is 3.34. The molecule has 2 bridgehead atoms. The Morgan fingerprint density at radius 3 is 2.71 bits per heavy atom. The Balaban J connectivity index is 1.99. The second-order valence-electron chi connectivity index (χ2n) is 6.50. The zero-order valence-corrected chi connectivity index (χ0v) is 13.6. The third-order valence-corrected chi connectivity index (χ3v) is 4.69. The molecule has 0 aliphatic carbocycles. The summed E-state index contributed by atoms with van der Waals surface area (Å²) in [6.45, 7) is 8.28. The number of nitrogens with zero attached hydrogens (tertiary/aromatic N) is 1. The first kappa shape index (κ1) is 14.5. The molecule has 0 saturated carbocycles. The van der Waals surface area contributed by atoms with Crippen LogP contribution in [0.3, 0.4) is 0 Å². The molecule has 0 amide bonds. The van der Waals surface area contributed by atoms with Gasteiger partial charge < -0.3 is 13.9 Å². The number of H-pyrrole nitrogens is 1. The van der Waals surface area contributed by atoms with Crippen LogP contribution < -0.4 is 16.0 Å². The molecule has 0 aromatic carbocycles. The highest BCUT2D eigenvalue weighted by Crippen LogP contribution is 2.36. The van der Waals surface area contributed by atoms with Gasteiger partial charge in [0.05, 0.1) is 11.7 Å². The molecule has 0 spiro atoms. The molecule has 3 rings (SSSR count). The predicted molar refractivity (Wildman–Crippen MR) is 78.3 cm³/mol. The number of hydrogen-bond donors (Lipinski definition) is 1. The van der Waals surface area contributed by atoms with Gasteiger partial charge in [-0.15, -0.1) is 0 Å². The fourth-order valence-electron chi connectivity index (χ4n) is 2.81. The van der Waals surface area contributed by atoms with E-state index >= 15 is 0 Å². The van der Waals surface area contributed by atoms with Crippen LogP contribution in [0.1, 0.15) is 18.2 Å². The molecule has 2 aliphatic heterocycles. The molecule has 8 heteroatoms. The molecule has 7 nitrogen and oxygen atoms in total. The van der Waals surface area contributed by atoms with Gasteiger partial charge in [0.1, 0.15) is 18.9 Å². The Morgan fingerprint density at radius 2 is 2.05 bits per heavy atom.